The molecule has 0 N–H and O–H groups in total. The molecule has 27 heavy (non-hydrogen) atoms. The highest BCUT2D eigenvalue weighted by Gasteiger charge is 2.34. The minimum absolute atomic E-state index is 0.247. The number of hydrogen-bond acceptors (Lipinski definition) is 5. The average Bonchev–Trinajstić information content (AvgIpc) is 2.95. The second-order valence-corrected chi connectivity index (χ2v) is 6.87. The summed E-state index contributed by atoms with van der Waals surface area (Å²) < 4.78 is 11.0. The summed E-state index contributed by atoms with van der Waals surface area (Å²) in [6, 6.07) is 15.3. The fraction of sp³-hybridized carbons (Fsp3) is 0.238. The Hall–Kier alpha value is -2.73. The first-order chi connectivity index (χ1) is 13.1. The molecule has 0 unspecified atom stereocenters. The summed E-state index contributed by atoms with van der Waals surface area (Å²) in [6.45, 7) is 2.72. The molecular weight excluding hydrogens is 362 g/mol. The van der Waals surface area contributed by atoms with Crippen LogP contribution in [0.15, 0.2) is 53.4 Å². The van der Waals surface area contributed by atoms with Crippen molar-refractivity contribution in [3.63, 3.8) is 0 Å². The lowest BCUT2D eigenvalue weighted by atomic mass is 10.1. The molecule has 3 rings (SSSR count). The van der Waals surface area contributed by atoms with Crippen molar-refractivity contribution in [3.8, 4) is 11.5 Å². The molecule has 140 valence electrons. The van der Waals surface area contributed by atoms with Gasteiger partial charge in [0.25, 0.3) is 11.1 Å². The third-order valence-electron chi connectivity index (χ3n) is 4.15. The Morgan fingerprint density at radius 1 is 1.07 bits per heavy atom. The lowest BCUT2D eigenvalue weighted by molar-refractivity contribution is -0.122. The van der Waals surface area contributed by atoms with Crippen molar-refractivity contribution in [2.24, 2.45) is 0 Å². The molecule has 5 nitrogen and oxygen atoms in total. The number of para-hydroxylation sites is 1. The highest BCUT2D eigenvalue weighted by atomic mass is 32.2. The topological polar surface area (TPSA) is 55.8 Å². The molecule has 0 bridgehead atoms. The van der Waals surface area contributed by atoms with Gasteiger partial charge in [-0.15, -0.1) is 0 Å². The molecule has 6 heteroatoms. The van der Waals surface area contributed by atoms with Crippen LogP contribution in [0.2, 0.25) is 0 Å². The van der Waals surface area contributed by atoms with Gasteiger partial charge in [-0.3, -0.25) is 14.5 Å². The van der Waals surface area contributed by atoms with Crippen LogP contribution >= 0.6 is 11.8 Å². The monoisotopic (exact) mass is 383 g/mol. The van der Waals surface area contributed by atoms with Gasteiger partial charge in [-0.2, -0.15) is 0 Å². The minimum atomic E-state index is -0.272. The second kappa shape index (κ2) is 8.77. The van der Waals surface area contributed by atoms with Gasteiger partial charge in [-0.05, 0) is 42.8 Å². The van der Waals surface area contributed by atoms with E-state index in [1.54, 1.807) is 19.3 Å². The number of thioether (sulfide) groups is 1. The predicted molar refractivity (Wildman–Crippen MR) is 107 cm³/mol. The fourth-order valence-electron chi connectivity index (χ4n) is 2.83. The van der Waals surface area contributed by atoms with E-state index in [0.717, 1.165) is 17.3 Å². The van der Waals surface area contributed by atoms with Gasteiger partial charge in [0.05, 0.1) is 18.6 Å². The third-order valence-corrected chi connectivity index (χ3v) is 5.05. The quantitative estimate of drug-likeness (QED) is 0.665. The Kier molecular flexibility index (Phi) is 6.19. The van der Waals surface area contributed by atoms with Gasteiger partial charge in [0.15, 0.2) is 11.5 Å². The van der Waals surface area contributed by atoms with Crippen molar-refractivity contribution in [1.82, 2.24) is 4.90 Å². The van der Waals surface area contributed by atoms with Gasteiger partial charge in [0, 0.05) is 12.1 Å². The molecule has 1 saturated heterocycles. The summed E-state index contributed by atoms with van der Waals surface area (Å²) in [6.07, 6.45) is 2.33. The fourth-order valence-corrected chi connectivity index (χ4v) is 3.68. The number of methoxy groups -OCH3 is 1. The van der Waals surface area contributed by atoms with Crippen molar-refractivity contribution >= 4 is 29.0 Å². The van der Waals surface area contributed by atoms with Gasteiger partial charge >= 0.3 is 0 Å². The van der Waals surface area contributed by atoms with E-state index in [0.29, 0.717) is 41.5 Å². The molecule has 0 atom stereocenters. The Morgan fingerprint density at radius 2 is 1.85 bits per heavy atom. The Labute approximate surface area is 163 Å². The molecule has 1 heterocycles. The van der Waals surface area contributed by atoms with Crippen LogP contribution in [-0.2, 0) is 11.2 Å². The number of rotatable bonds is 7. The summed E-state index contributed by atoms with van der Waals surface area (Å²) in [5, 5.41) is -0.247. The first-order valence-electron chi connectivity index (χ1n) is 8.73. The maximum Gasteiger partial charge on any atom is 0.293 e. The van der Waals surface area contributed by atoms with E-state index in [4.69, 9.17) is 9.47 Å². The number of nitrogens with zero attached hydrogens (tertiary/aromatic N) is 1. The van der Waals surface area contributed by atoms with E-state index in [1.807, 2.05) is 49.4 Å². The van der Waals surface area contributed by atoms with Crippen LogP contribution in [-0.4, -0.2) is 36.3 Å². The van der Waals surface area contributed by atoms with Crippen LogP contribution < -0.4 is 9.47 Å². The zero-order chi connectivity index (χ0) is 19.2. The molecule has 2 amide bonds. The zero-order valence-electron chi connectivity index (χ0n) is 15.3. The number of carbonyl (C=O) groups excluding carboxylic acids is 2. The maximum absolute atomic E-state index is 12.7. The summed E-state index contributed by atoms with van der Waals surface area (Å²) >= 11 is 0.954. The molecule has 0 spiro atoms. The lowest BCUT2D eigenvalue weighted by Crippen LogP contribution is -2.30. The SMILES string of the molecule is CCOc1c(/C=C2/SC(=O)N(CCc3ccccc3)C2=O)cccc1OC. The molecular formula is C21H21NO4S. The summed E-state index contributed by atoms with van der Waals surface area (Å²) in [7, 11) is 1.57. The average molecular weight is 383 g/mol. The van der Waals surface area contributed by atoms with E-state index >= 15 is 0 Å². The minimum Gasteiger partial charge on any atom is -0.493 e. The van der Waals surface area contributed by atoms with Crippen LogP contribution in [0.5, 0.6) is 11.5 Å². The van der Waals surface area contributed by atoms with Gasteiger partial charge in [-0.25, -0.2) is 0 Å². The first-order valence-corrected chi connectivity index (χ1v) is 9.54. The Morgan fingerprint density at radius 3 is 2.56 bits per heavy atom. The predicted octanol–water partition coefficient (Wildman–Crippen LogP) is 4.37. The Balaban J connectivity index is 1.80. The van der Waals surface area contributed by atoms with Crippen molar-refractivity contribution in [3.05, 3.63) is 64.6 Å². The Bertz CT molecular complexity index is 864. The number of ether oxygens (including phenoxy) is 2. The highest BCUT2D eigenvalue weighted by Crippen LogP contribution is 2.37. The van der Waals surface area contributed by atoms with Crippen LogP contribution in [0.25, 0.3) is 6.08 Å². The maximum atomic E-state index is 12.7. The third kappa shape index (κ3) is 4.34. The van der Waals surface area contributed by atoms with Gasteiger partial charge in [-0.1, -0.05) is 42.5 Å². The molecule has 1 aliphatic heterocycles. The zero-order valence-corrected chi connectivity index (χ0v) is 16.1. The standard InChI is InChI=1S/C21H21NO4S/c1-3-26-19-16(10-7-11-17(19)25-2)14-18-20(23)22(21(24)27-18)13-12-15-8-5-4-6-9-15/h4-11,14H,3,12-13H2,1-2H3/b18-14+. The molecule has 0 radical (unpaired) electrons. The molecule has 0 aliphatic carbocycles. The molecule has 0 aromatic heterocycles. The molecule has 1 aliphatic rings. The number of imide groups is 1. The molecule has 0 saturated carbocycles. The number of hydrogen-bond donors (Lipinski definition) is 0. The normalized spacial score (nSPS) is 15.5. The van der Waals surface area contributed by atoms with E-state index in [1.165, 1.54) is 4.90 Å². The molecule has 1 fully saturated rings. The highest BCUT2D eigenvalue weighted by molar-refractivity contribution is 8.18. The summed E-state index contributed by atoms with van der Waals surface area (Å²) in [5.41, 5.74) is 1.80. The van der Waals surface area contributed by atoms with Gasteiger partial charge < -0.3 is 9.47 Å². The van der Waals surface area contributed by atoms with Crippen LogP contribution in [0.4, 0.5) is 4.79 Å². The van der Waals surface area contributed by atoms with E-state index in [-0.39, 0.29) is 11.1 Å². The number of carbonyl (C=O) groups is 2. The van der Waals surface area contributed by atoms with Crippen molar-refractivity contribution < 1.29 is 19.1 Å². The second-order valence-electron chi connectivity index (χ2n) is 5.88. The van der Waals surface area contributed by atoms with Crippen LogP contribution in [0, 0.1) is 0 Å². The number of amides is 2. The van der Waals surface area contributed by atoms with Crippen molar-refractivity contribution in [1.29, 1.82) is 0 Å². The van der Waals surface area contributed by atoms with Crippen LogP contribution in [0.1, 0.15) is 18.1 Å². The molecule has 2 aromatic rings. The lowest BCUT2D eigenvalue weighted by Gasteiger charge is -2.13. The van der Waals surface area contributed by atoms with Crippen LogP contribution in [0.3, 0.4) is 0 Å². The van der Waals surface area contributed by atoms with Gasteiger partial charge in [0.2, 0.25) is 0 Å². The first kappa shape index (κ1) is 19.0. The summed E-state index contributed by atoms with van der Waals surface area (Å²) in [5.74, 6) is 0.888. The van der Waals surface area contributed by atoms with E-state index in [2.05, 4.69) is 0 Å². The van der Waals surface area contributed by atoms with E-state index in [9.17, 15) is 9.59 Å². The van der Waals surface area contributed by atoms with Gasteiger partial charge in [0.1, 0.15) is 0 Å². The number of benzene rings is 2. The summed E-state index contributed by atoms with van der Waals surface area (Å²) in [4.78, 5) is 26.7. The van der Waals surface area contributed by atoms with Crippen molar-refractivity contribution in [2.75, 3.05) is 20.3 Å². The largest absolute Gasteiger partial charge is 0.493 e. The van der Waals surface area contributed by atoms with E-state index < -0.39 is 0 Å². The smallest absolute Gasteiger partial charge is 0.293 e. The van der Waals surface area contributed by atoms with Crippen molar-refractivity contribution in [2.45, 2.75) is 13.3 Å². The molecule has 2 aromatic carbocycles.